The van der Waals surface area contributed by atoms with Crippen LogP contribution in [-0.4, -0.2) is 29.3 Å². The molecule has 2 heterocycles. The summed E-state index contributed by atoms with van der Waals surface area (Å²) in [5.74, 6) is -0.339. The van der Waals surface area contributed by atoms with E-state index in [2.05, 4.69) is 4.98 Å². The normalized spacial score (nSPS) is 14.9. The van der Waals surface area contributed by atoms with Crippen molar-refractivity contribution in [3.05, 3.63) is 58.7 Å². The van der Waals surface area contributed by atoms with E-state index < -0.39 is 0 Å². The van der Waals surface area contributed by atoms with E-state index in [0.29, 0.717) is 30.9 Å². The zero-order chi connectivity index (χ0) is 16.4. The van der Waals surface area contributed by atoms with Crippen LogP contribution in [0, 0.1) is 19.7 Å². The largest absolute Gasteiger partial charge is 0.392 e. The average molecular weight is 316 g/mol. The van der Waals surface area contributed by atoms with Crippen LogP contribution in [0.3, 0.4) is 0 Å². The molecule has 0 atom stereocenters. The topological polar surface area (TPSA) is 45.6 Å². The zero-order valence-corrected chi connectivity index (χ0v) is 13.4. The van der Waals surface area contributed by atoms with Crippen molar-refractivity contribution in [2.24, 2.45) is 0 Å². The number of ether oxygens (including phenoxy) is 1. The van der Waals surface area contributed by atoms with Crippen LogP contribution in [0.2, 0.25) is 0 Å². The van der Waals surface area contributed by atoms with Gasteiger partial charge in [-0.3, -0.25) is 4.98 Å². The molecule has 0 unspecified atom stereocenters. The summed E-state index contributed by atoms with van der Waals surface area (Å²) in [7, 11) is 0. The number of hydrogen-bond donors (Lipinski definition) is 1. The van der Waals surface area contributed by atoms with Crippen LogP contribution in [0.4, 0.5) is 10.1 Å². The van der Waals surface area contributed by atoms with Gasteiger partial charge < -0.3 is 14.7 Å². The maximum atomic E-state index is 14.2. The molecule has 3 rings (SSSR count). The van der Waals surface area contributed by atoms with Crippen molar-refractivity contribution in [3.63, 3.8) is 0 Å². The molecule has 1 aromatic heterocycles. The Balaban J connectivity index is 1.55. The number of aliphatic hydroxyl groups excluding tert-OH is 1. The van der Waals surface area contributed by atoms with Gasteiger partial charge in [-0.1, -0.05) is 12.1 Å². The van der Waals surface area contributed by atoms with Gasteiger partial charge in [0, 0.05) is 30.0 Å². The Bertz CT molecular complexity index is 679. The highest BCUT2D eigenvalue weighted by Crippen LogP contribution is 2.28. The van der Waals surface area contributed by atoms with Crippen molar-refractivity contribution in [3.8, 4) is 0 Å². The van der Waals surface area contributed by atoms with Crippen LogP contribution < -0.4 is 4.90 Å². The minimum Gasteiger partial charge on any atom is -0.392 e. The maximum absolute atomic E-state index is 14.2. The van der Waals surface area contributed by atoms with E-state index >= 15 is 0 Å². The monoisotopic (exact) mass is 316 g/mol. The molecule has 122 valence electrons. The van der Waals surface area contributed by atoms with Crippen molar-refractivity contribution < 1.29 is 14.2 Å². The van der Waals surface area contributed by atoms with Gasteiger partial charge in [0.15, 0.2) is 5.82 Å². The molecule has 1 aliphatic heterocycles. The van der Waals surface area contributed by atoms with Crippen molar-refractivity contribution in [2.75, 3.05) is 18.0 Å². The van der Waals surface area contributed by atoms with E-state index in [1.54, 1.807) is 18.2 Å². The first kappa shape index (κ1) is 15.9. The number of rotatable bonds is 5. The van der Waals surface area contributed by atoms with E-state index in [1.807, 2.05) is 30.9 Å². The molecule has 23 heavy (non-hydrogen) atoms. The third-order valence-electron chi connectivity index (χ3n) is 4.04. The first-order chi connectivity index (χ1) is 11.1. The summed E-state index contributed by atoms with van der Waals surface area (Å²) in [5, 5.41) is 9.13. The Kier molecular flexibility index (Phi) is 4.59. The van der Waals surface area contributed by atoms with Crippen LogP contribution in [0.25, 0.3) is 0 Å². The van der Waals surface area contributed by atoms with E-state index in [9.17, 15) is 4.39 Å². The van der Waals surface area contributed by atoms with Crippen LogP contribution in [-0.2, 0) is 18.0 Å². The number of halogens is 1. The van der Waals surface area contributed by atoms with Crippen LogP contribution >= 0.6 is 0 Å². The molecule has 0 aliphatic carbocycles. The van der Waals surface area contributed by atoms with E-state index in [0.717, 1.165) is 17.0 Å². The van der Waals surface area contributed by atoms with Crippen LogP contribution in [0.5, 0.6) is 0 Å². The van der Waals surface area contributed by atoms with Gasteiger partial charge in [-0.25, -0.2) is 4.39 Å². The fourth-order valence-corrected chi connectivity index (χ4v) is 2.89. The lowest BCUT2D eigenvalue weighted by molar-refractivity contribution is 0.0221. The molecule has 1 saturated heterocycles. The predicted octanol–water partition coefficient (Wildman–Crippen LogP) is 2.74. The molecule has 1 N–H and O–H groups in total. The van der Waals surface area contributed by atoms with Gasteiger partial charge in [0.25, 0.3) is 0 Å². The molecule has 4 nitrogen and oxygen atoms in total. The fraction of sp³-hybridized carbons (Fsp3) is 0.389. The fourth-order valence-electron chi connectivity index (χ4n) is 2.89. The number of benzene rings is 1. The lowest BCUT2D eigenvalue weighted by atomic mass is 10.1. The smallest absolute Gasteiger partial charge is 0.151 e. The second-order valence-electron chi connectivity index (χ2n) is 6.00. The highest BCUT2D eigenvalue weighted by molar-refractivity contribution is 5.52. The highest BCUT2D eigenvalue weighted by atomic mass is 19.1. The lowest BCUT2D eigenvalue weighted by Gasteiger charge is -2.41. The SMILES string of the molecule is Cc1cc(COC2CN(c3cccc(CO)c3F)C2)cc(C)n1. The Labute approximate surface area is 135 Å². The third-order valence-corrected chi connectivity index (χ3v) is 4.04. The number of nitrogens with zero attached hydrogens (tertiary/aromatic N) is 2. The Morgan fingerprint density at radius 1 is 1.26 bits per heavy atom. The molecular formula is C18H21FN2O2. The summed E-state index contributed by atoms with van der Waals surface area (Å²) in [6.45, 7) is 5.52. The van der Waals surface area contributed by atoms with Crippen LogP contribution in [0.1, 0.15) is 22.5 Å². The van der Waals surface area contributed by atoms with E-state index in [4.69, 9.17) is 9.84 Å². The van der Waals surface area contributed by atoms with Crippen LogP contribution in [0.15, 0.2) is 30.3 Å². The van der Waals surface area contributed by atoms with Gasteiger partial charge in [-0.15, -0.1) is 0 Å². The maximum Gasteiger partial charge on any atom is 0.151 e. The second kappa shape index (κ2) is 6.64. The van der Waals surface area contributed by atoms with Gasteiger partial charge in [-0.05, 0) is 37.6 Å². The van der Waals surface area contributed by atoms with Crippen molar-refractivity contribution in [1.82, 2.24) is 4.98 Å². The van der Waals surface area contributed by atoms with Crippen molar-refractivity contribution in [1.29, 1.82) is 0 Å². The minimum absolute atomic E-state index is 0.0981. The average Bonchev–Trinajstić information content (AvgIpc) is 2.46. The Hall–Kier alpha value is -1.98. The molecule has 2 aromatic rings. The predicted molar refractivity (Wildman–Crippen MR) is 86.8 cm³/mol. The number of aliphatic hydroxyl groups is 1. The quantitative estimate of drug-likeness (QED) is 0.921. The Morgan fingerprint density at radius 3 is 2.61 bits per heavy atom. The summed E-state index contributed by atoms with van der Waals surface area (Å²) >= 11 is 0. The zero-order valence-electron chi connectivity index (χ0n) is 13.4. The van der Waals surface area contributed by atoms with E-state index in [-0.39, 0.29) is 18.5 Å². The number of aryl methyl sites for hydroxylation is 2. The summed E-state index contributed by atoms with van der Waals surface area (Å²) in [6.07, 6.45) is 0.0981. The molecule has 0 spiro atoms. The molecular weight excluding hydrogens is 295 g/mol. The molecule has 0 bridgehead atoms. The molecule has 5 heteroatoms. The highest BCUT2D eigenvalue weighted by Gasteiger charge is 2.29. The molecule has 1 aromatic carbocycles. The summed E-state index contributed by atoms with van der Waals surface area (Å²) in [4.78, 5) is 6.28. The molecule has 0 saturated carbocycles. The summed E-state index contributed by atoms with van der Waals surface area (Å²) < 4.78 is 20.0. The second-order valence-corrected chi connectivity index (χ2v) is 6.00. The number of anilines is 1. The van der Waals surface area contributed by atoms with E-state index in [1.165, 1.54) is 0 Å². The molecule has 1 aliphatic rings. The molecule has 0 amide bonds. The van der Waals surface area contributed by atoms with Gasteiger partial charge in [0.05, 0.1) is 25.0 Å². The molecule has 1 fully saturated rings. The van der Waals surface area contributed by atoms with Crippen molar-refractivity contribution in [2.45, 2.75) is 33.2 Å². The number of pyridine rings is 1. The summed E-state index contributed by atoms with van der Waals surface area (Å²) in [5.41, 5.74) is 3.95. The number of hydrogen-bond acceptors (Lipinski definition) is 4. The van der Waals surface area contributed by atoms with Gasteiger partial charge in [0.2, 0.25) is 0 Å². The van der Waals surface area contributed by atoms with Gasteiger partial charge in [0.1, 0.15) is 0 Å². The number of aromatic nitrogens is 1. The lowest BCUT2D eigenvalue weighted by Crippen LogP contribution is -2.52. The first-order valence-corrected chi connectivity index (χ1v) is 7.76. The third kappa shape index (κ3) is 3.51. The molecule has 0 radical (unpaired) electrons. The minimum atomic E-state index is -0.339. The standard InChI is InChI=1S/C18H21FN2O2/c1-12-6-14(7-13(2)20-12)11-23-16-8-21(9-16)17-5-3-4-15(10-22)18(17)19/h3-7,16,22H,8-11H2,1-2H3. The first-order valence-electron chi connectivity index (χ1n) is 7.76. The summed E-state index contributed by atoms with van der Waals surface area (Å²) in [6, 6.07) is 9.14. The van der Waals surface area contributed by atoms with Gasteiger partial charge >= 0.3 is 0 Å². The van der Waals surface area contributed by atoms with Gasteiger partial charge in [-0.2, -0.15) is 0 Å². The Morgan fingerprint density at radius 2 is 1.96 bits per heavy atom. The van der Waals surface area contributed by atoms with Crippen molar-refractivity contribution >= 4 is 5.69 Å².